The molecule has 6 amide bonds. The molecule has 3 rings (SSSR count). The number of benzene rings is 1. The highest BCUT2D eigenvalue weighted by Gasteiger charge is 2.52. The van der Waals surface area contributed by atoms with Crippen LogP contribution in [0, 0.1) is 11.3 Å². The average Bonchev–Trinajstić information content (AvgIpc) is 2.75. The minimum atomic E-state index is -1.09. The summed E-state index contributed by atoms with van der Waals surface area (Å²) in [5.74, 6) is -1.48. The number of carbonyl (C=O) groups is 5. The van der Waals surface area contributed by atoms with Crippen LogP contribution in [0.3, 0.4) is 0 Å². The zero-order valence-corrected chi connectivity index (χ0v) is 18.3. The molecule has 0 aliphatic carbocycles. The highest BCUT2D eigenvalue weighted by atomic mass is 16.2. The molecular weight excluding hydrogens is 400 g/mol. The van der Waals surface area contributed by atoms with Crippen molar-refractivity contribution in [2.24, 2.45) is 11.3 Å². The third-order valence-corrected chi connectivity index (χ3v) is 6.35. The van der Waals surface area contributed by atoms with Gasteiger partial charge in [-0.15, -0.1) is 0 Å². The monoisotopic (exact) mass is 430 g/mol. The second kappa shape index (κ2) is 9.72. The largest absolute Gasteiger partial charge is 0.337 e. The molecule has 0 spiro atoms. The first-order chi connectivity index (χ1) is 14.7. The SMILES string of the molecule is CCC(C)C1(CC)C(=O)NC(=O)NC1=O.CCC1(c2ccccc2)C(=O)NCNC1=O. The second-order valence-electron chi connectivity index (χ2n) is 7.69. The van der Waals surface area contributed by atoms with Crippen LogP contribution >= 0.6 is 0 Å². The van der Waals surface area contributed by atoms with E-state index in [4.69, 9.17) is 0 Å². The van der Waals surface area contributed by atoms with Crippen molar-refractivity contribution in [1.29, 1.82) is 0 Å². The van der Waals surface area contributed by atoms with E-state index >= 15 is 0 Å². The predicted molar refractivity (Wildman–Crippen MR) is 113 cm³/mol. The Morgan fingerprint density at radius 3 is 1.74 bits per heavy atom. The van der Waals surface area contributed by atoms with Gasteiger partial charge >= 0.3 is 6.03 Å². The van der Waals surface area contributed by atoms with Crippen molar-refractivity contribution in [3.8, 4) is 0 Å². The topological polar surface area (TPSA) is 133 Å². The van der Waals surface area contributed by atoms with Crippen LogP contribution in [-0.2, 0) is 24.6 Å². The van der Waals surface area contributed by atoms with E-state index in [2.05, 4.69) is 21.3 Å². The van der Waals surface area contributed by atoms with Gasteiger partial charge in [0.15, 0.2) is 5.41 Å². The normalized spacial score (nSPS) is 20.3. The number of rotatable bonds is 5. The molecule has 2 aliphatic rings. The van der Waals surface area contributed by atoms with Crippen molar-refractivity contribution in [3.63, 3.8) is 0 Å². The minimum absolute atomic E-state index is 0.0874. The van der Waals surface area contributed by atoms with Crippen molar-refractivity contribution < 1.29 is 24.0 Å². The number of carbonyl (C=O) groups excluding carboxylic acids is 5. The molecule has 2 heterocycles. The van der Waals surface area contributed by atoms with E-state index in [9.17, 15) is 24.0 Å². The fraction of sp³-hybridized carbons (Fsp3) is 0.500. The first-order valence-corrected chi connectivity index (χ1v) is 10.5. The van der Waals surface area contributed by atoms with Gasteiger partial charge in [0.2, 0.25) is 23.6 Å². The van der Waals surface area contributed by atoms with E-state index < -0.39 is 28.7 Å². The Labute approximate surface area is 181 Å². The third kappa shape index (κ3) is 4.17. The summed E-state index contributed by atoms with van der Waals surface area (Å²) in [5.41, 5.74) is -1.42. The lowest BCUT2D eigenvalue weighted by atomic mass is 9.70. The van der Waals surface area contributed by atoms with Gasteiger partial charge in [0, 0.05) is 0 Å². The molecule has 31 heavy (non-hydrogen) atoms. The molecule has 0 aromatic heterocycles. The van der Waals surface area contributed by atoms with Gasteiger partial charge in [0.05, 0.1) is 6.67 Å². The maximum atomic E-state index is 12.0. The molecule has 4 N–H and O–H groups in total. The van der Waals surface area contributed by atoms with E-state index in [0.717, 1.165) is 5.56 Å². The van der Waals surface area contributed by atoms with Gasteiger partial charge in [0.25, 0.3) is 0 Å². The van der Waals surface area contributed by atoms with Crippen LogP contribution in [0.4, 0.5) is 4.79 Å². The van der Waals surface area contributed by atoms with Gasteiger partial charge in [-0.2, -0.15) is 0 Å². The van der Waals surface area contributed by atoms with E-state index in [0.29, 0.717) is 19.3 Å². The van der Waals surface area contributed by atoms with E-state index in [1.54, 1.807) is 6.92 Å². The van der Waals surface area contributed by atoms with E-state index in [1.807, 2.05) is 51.1 Å². The summed E-state index contributed by atoms with van der Waals surface area (Å²) < 4.78 is 0. The molecule has 9 heteroatoms. The molecule has 2 aliphatic heterocycles. The highest BCUT2D eigenvalue weighted by Crippen LogP contribution is 2.35. The fourth-order valence-electron chi connectivity index (χ4n) is 4.15. The first kappa shape index (κ1) is 24.0. The number of amides is 6. The van der Waals surface area contributed by atoms with Crippen molar-refractivity contribution in [2.45, 2.75) is 52.4 Å². The zero-order chi connectivity index (χ0) is 23.2. The summed E-state index contributed by atoms with van der Waals surface area (Å²) in [6, 6.07) is 8.44. The molecule has 168 valence electrons. The van der Waals surface area contributed by atoms with Gasteiger partial charge in [0.1, 0.15) is 5.41 Å². The van der Waals surface area contributed by atoms with Gasteiger partial charge in [-0.05, 0) is 24.3 Å². The lowest BCUT2D eigenvalue weighted by Crippen LogP contribution is -2.64. The third-order valence-electron chi connectivity index (χ3n) is 6.35. The molecule has 1 unspecified atom stereocenters. The summed E-state index contributed by atoms with van der Waals surface area (Å²) in [6.45, 7) is 7.60. The maximum Gasteiger partial charge on any atom is 0.328 e. The van der Waals surface area contributed by atoms with Crippen molar-refractivity contribution in [2.75, 3.05) is 6.67 Å². The Balaban J connectivity index is 0.000000221. The second-order valence-corrected chi connectivity index (χ2v) is 7.69. The summed E-state index contributed by atoms with van der Waals surface area (Å²) in [6.07, 6.45) is 1.56. The maximum absolute atomic E-state index is 12.0. The van der Waals surface area contributed by atoms with Crippen LogP contribution < -0.4 is 21.3 Å². The lowest BCUT2D eigenvalue weighted by Gasteiger charge is -2.37. The van der Waals surface area contributed by atoms with Crippen LogP contribution in [0.2, 0.25) is 0 Å². The standard InChI is InChI=1S/C12H14N2O2.C10H16N2O3/c1-2-12(9-6-4-3-5-7-9)10(15)13-8-14-11(12)16;1-4-6(3)10(5-2)7(13)11-9(15)12-8(10)14/h3-7H,2,8H2,1H3,(H,13,15)(H,14,16);6H,4-5H2,1-3H3,(H2,11,12,13,14,15). The number of urea groups is 1. The van der Waals surface area contributed by atoms with Gasteiger partial charge in [-0.25, -0.2) is 4.79 Å². The van der Waals surface area contributed by atoms with Gasteiger partial charge in [-0.1, -0.05) is 64.4 Å². The van der Waals surface area contributed by atoms with Crippen molar-refractivity contribution >= 4 is 29.7 Å². The molecule has 2 fully saturated rings. The first-order valence-electron chi connectivity index (χ1n) is 10.5. The number of imide groups is 2. The number of nitrogens with one attached hydrogen (secondary N) is 4. The van der Waals surface area contributed by atoms with Gasteiger partial charge in [-0.3, -0.25) is 29.8 Å². The van der Waals surface area contributed by atoms with E-state index in [-0.39, 0.29) is 24.4 Å². The predicted octanol–water partition coefficient (Wildman–Crippen LogP) is 1.33. The Hall–Kier alpha value is -3.23. The molecular formula is C22H30N4O5. The van der Waals surface area contributed by atoms with Crippen LogP contribution in [0.5, 0.6) is 0 Å². The summed E-state index contributed by atoms with van der Waals surface area (Å²) in [5, 5.41) is 9.68. The summed E-state index contributed by atoms with van der Waals surface area (Å²) in [7, 11) is 0. The zero-order valence-electron chi connectivity index (χ0n) is 18.3. The number of barbiturate groups is 1. The van der Waals surface area contributed by atoms with Crippen LogP contribution in [0.15, 0.2) is 30.3 Å². The van der Waals surface area contributed by atoms with Crippen molar-refractivity contribution in [3.05, 3.63) is 35.9 Å². The average molecular weight is 431 g/mol. The molecule has 0 saturated carbocycles. The highest BCUT2D eigenvalue weighted by molar-refractivity contribution is 6.19. The smallest absolute Gasteiger partial charge is 0.328 e. The molecule has 0 radical (unpaired) electrons. The van der Waals surface area contributed by atoms with E-state index in [1.165, 1.54) is 0 Å². The number of hydrogen-bond donors (Lipinski definition) is 4. The quantitative estimate of drug-likeness (QED) is 0.523. The lowest BCUT2D eigenvalue weighted by molar-refractivity contribution is -0.148. The Morgan fingerprint density at radius 2 is 1.32 bits per heavy atom. The Bertz CT molecular complexity index is 832. The minimum Gasteiger partial charge on any atom is -0.337 e. The summed E-state index contributed by atoms with van der Waals surface area (Å²) >= 11 is 0. The molecule has 2 saturated heterocycles. The fourth-order valence-corrected chi connectivity index (χ4v) is 4.15. The van der Waals surface area contributed by atoms with Crippen LogP contribution in [0.25, 0.3) is 0 Å². The molecule has 1 aromatic carbocycles. The van der Waals surface area contributed by atoms with Crippen LogP contribution in [0.1, 0.15) is 52.5 Å². The Kier molecular flexibility index (Phi) is 7.54. The molecule has 9 nitrogen and oxygen atoms in total. The van der Waals surface area contributed by atoms with Crippen LogP contribution in [-0.4, -0.2) is 36.3 Å². The summed E-state index contributed by atoms with van der Waals surface area (Å²) in [4.78, 5) is 58.5. The van der Waals surface area contributed by atoms with Crippen molar-refractivity contribution in [1.82, 2.24) is 21.3 Å². The molecule has 0 bridgehead atoms. The number of hydrogen-bond acceptors (Lipinski definition) is 5. The molecule has 1 atom stereocenters. The Morgan fingerprint density at radius 1 is 0.806 bits per heavy atom. The van der Waals surface area contributed by atoms with Gasteiger partial charge < -0.3 is 10.6 Å². The molecule has 1 aromatic rings.